The van der Waals surface area contributed by atoms with E-state index in [0.29, 0.717) is 5.13 Å². The number of sulfonamides is 1. The summed E-state index contributed by atoms with van der Waals surface area (Å²) in [5.74, 6) is 0. The Morgan fingerprint density at radius 1 is 1.00 bits per heavy atom. The van der Waals surface area contributed by atoms with Crippen LogP contribution in [0.15, 0.2) is 64.9 Å². The number of aryl methyl sites for hydroxylation is 1. The van der Waals surface area contributed by atoms with Crippen molar-refractivity contribution in [3.63, 3.8) is 0 Å². The lowest BCUT2D eigenvalue weighted by Gasteiger charge is -2.03. The van der Waals surface area contributed by atoms with Crippen molar-refractivity contribution in [1.29, 1.82) is 0 Å². The van der Waals surface area contributed by atoms with Gasteiger partial charge in [-0.1, -0.05) is 59.4 Å². The zero-order chi connectivity index (χ0) is 16.3. The van der Waals surface area contributed by atoms with E-state index in [1.54, 1.807) is 24.3 Å². The number of thiazole rings is 1. The number of aromatic nitrogens is 1. The Kier molecular flexibility index (Phi) is 6.11. The van der Waals surface area contributed by atoms with Gasteiger partial charge in [-0.15, -0.1) is 0 Å². The van der Waals surface area contributed by atoms with Crippen molar-refractivity contribution in [3.05, 3.63) is 65.5 Å². The lowest BCUT2D eigenvalue weighted by atomic mass is 10.2. The van der Waals surface area contributed by atoms with Crippen LogP contribution >= 0.6 is 11.3 Å². The first-order chi connectivity index (χ1) is 11.0. The lowest BCUT2D eigenvalue weighted by Crippen LogP contribution is -3.00. The standard InChI is InChI=1S/C16H15N3O2S2.BrH/c1-12-7-9-14(10-8-12)23(20,21)19-18-16-17-15(11-22-16)13-5-3-2-4-6-13;/h2-11,19H,1H3,(H,17,18);1H. The molecule has 24 heavy (non-hydrogen) atoms. The van der Waals surface area contributed by atoms with Crippen molar-refractivity contribution in [1.82, 2.24) is 4.83 Å². The van der Waals surface area contributed by atoms with Crippen LogP contribution < -0.4 is 32.2 Å². The van der Waals surface area contributed by atoms with Gasteiger partial charge in [0.25, 0.3) is 10.0 Å². The highest BCUT2D eigenvalue weighted by Gasteiger charge is 2.17. The molecule has 0 bridgehead atoms. The van der Waals surface area contributed by atoms with Crippen LogP contribution in [0.25, 0.3) is 11.3 Å². The summed E-state index contributed by atoms with van der Waals surface area (Å²) in [4.78, 5) is 5.74. The highest BCUT2D eigenvalue weighted by Crippen LogP contribution is 2.20. The van der Waals surface area contributed by atoms with E-state index in [4.69, 9.17) is 0 Å². The summed E-state index contributed by atoms with van der Waals surface area (Å²) < 4.78 is 24.4. The third kappa shape index (κ3) is 4.41. The quantitative estimate of drug-likeness (QED) is 0.558. The third-order valence-corrected chi connectivity index (χ3v) is 5.31. The maximum absolute atomic E-state index is 12.2. The number of nitrogens with one attached hydrogen (secondary N) is 3. The van der Waals surface area contributed by atoms with Gasteiger partial charge in [0.15, 0.2) is 0 Å². The molecule has 0 saturated heterocycles. The van der Waals surface area contributed by atoms with E-state index in [2.05, 4.69) is 15.2 Å². The van der Waals surface area contributed by atoms with Gasteiger partial charge in [-0.2, -0.15) is 5.43 Å². The second kappa shape index (κ2) is 7.89. The van der Waals surface area contributed by atoms with Crippen LogP contribution in [0.2, 0.25) is 0 Å². The Bertz CT molecular complexity index is 895. The van der Waals surface area contributed by atoms with E-state index >= 15 is 0 Å². The van der Waals surface area contributed by atoms with Gasteiger partial charge < -0.3 is 17.0 Å². The molecular weight excluding hydrogens is 410 g/mol. The van der Waals surface area contributed by atoms with Crippen LogP contribution in [0.1, 0.15) is 5.56 Å². The van der Waals surface area contributed by atoms with E-state index in [0.717, 1.165) is 16.8 Å². The second-order valence-electron chi connectivity index (χ2n) is 5.01. The molecule has 0 amide bonds. The van der Waals surface area contributed by atoms with Gasteiger partial charge in [0, 0.05) is 10.9 Å². The molecule has 3 N–H and O–H groups in total. The number of hydrogen-bond donors (Lipinski definition) is 2. The topological polar surface area (TPSA) is 72.3 Å². The average Bonchev–Trinajstić information content (AvgIpc) is 3.03. The summed E-state index contributed by atoms with van der Waals surface area (Å²) in [5, 5.41) is 2.54. The number of halogens is 1. The minimum Gasteiger partial charge on any atom is -1.00 e. The lowest BCUT2D eigenvalue weighted by molar-refractivity contribution is -0.341. The molecular formula is C16H16BrN3O2S2. The SMILES string of the molecule is Cc1ccc(S(=O)(=O)NNc2[nH+]c(-c3ccccc3)cs2)cc1.[Br-]. The molecule has 3 rings (SSSR count). The summed E-state index contributed by atoms with van der Waals surface area (Å²) in [6, 6.07) is 16.5. The van der Waals surface area contributed by atoms with Gasteiger partial charge in [-0.3, -0.25) is 0 Å². The molecule has 0 radical (unpaired) electrons. The predicted octanol–water partition coefficient (Wildman–Crippen LogP) is -0.153. The minimum atomic E-state index is -3.61. The van der Waals surface area contributed by atoms with Crippen molar-refractivity contribution < 1.29 is 30.4 Å². The van der Waals surface area contributed by atoms with Crippen molar-refractivity contribution >= 4 is 26.5 Å². The molecule has 3 aromatic rings. The number of anilines is 1. The monoisotopic (exact) mass is 425 g/mol. The summed E-state index contributed by atoms with van der Waals surface area (Å²) in [5.41, 5.74) is 5.69. The molecule has 0 atom stereocenters. The van der Waals surface area contributed by atoms with Crippen LogP contribution in [0.5, 0.6) is 0 Å². The molecule has 1 aromatic heterocycles. The van der Waals surface area contributed by atoms with Crippen LogP contribution in [0.4, 0.5) is 5.13 Å². The fraction of sp³-hybridized carbons (Fsp3) is 0.0625. The minimum absolute atomic E-state index is 0. The zero-order valence-corrected chi connectivity index (χ0v) is 16.0. The first-order valence-electron chi connectivity index (χ1n) is 6.95. The van der Waals surface area contributed by atoms with Gasteiger partial charge in [-0.25, -0.2) is 13.4 Å². The number of aromatic amines is 1. The number of hydrazine groups is 1. The van der Waals surface area contributed by atoms with Crippen LogP contribution in [0.3, 0.4) is 0 Å². The van der Waals surface area contributed by atoms with Crippen molar-refractivity contribution in [2.45, 2.75) is 11.8 Å². The molecule has 5 nitrogen and oxygen atoms in total. The van der Waals surface area contributed by atoms with E-state index in [-0.39, 0.29) is 21.9 Å². The van der Waals surface area contributed by atoms with Crippen LogP contribution in [0, 0.1) is 6.92 Å². The number of rotatable bonds is 5. The van der Waals surface area contributed by atoms with Crippen LogP contribution in [-0.2, 0) is 10.0 Å². The Morgan fingerprint density at radius 2 is 1.67 bits per heavy atom. The summed E-state index contributed by atoms with van der Waals surface area (Å²) in [6.07, 6.45) is 0. The van der Waals surface area contributed by atoms with Crippen molar-refractivity contribution in [2.75, 3.05) is 5.43 Å². The van der Waals surface area contributed by atoms with Crippen molar-refractivity contribution in [3.8, 4) is 11.3 Å². The van der Waals surface area contributed by atoms with E-state index in [9.17, 15) is 8.42 Å². The molecule has 0 aliphatic carbocycles. The predicted molar refractivity (Wildman–Crippen MR) is 91.4 cm³/mol. The Hall–Kier alpha value is -1.74. The fourth-order valence-electron chi connectivity index (χ4n) is 2.01. The first kappa shape index (κ1) is 18.6. The highest BCUT2D eigenvalue weighted by atomic mass is 79.9. The molecule has 0 aliphatic rings. The number of hydrogen-bond acceptors (Lipinski definition) is 4. The largest absolute Gasteiger partial charge is 1.00 e. The molecule has 1 heterocycles. The Balaban J connectivity index is 0.00000208. The number of benzene rings is 2. The normalized spacial score (nSPS) is 10.9. The smallest absolute Gasteiger partial charge is 0.351 e. The molecule has 0 aliphatic heterocycles. The van der Waals surface area contributed by atoms with Gasteiger partial charge >= 0.3 is 5.13 Å². The molecule has 0 saturated carbocycles. The zero-order valence-electron chi connectivity index (χ0n) is 12.8. The van der Waals surface area contributed by atoms with E-state index < -0.39 is 10.0 Å². The van der Waals surface area contributed by atoms with Gasteiger partial charge in [0.05, 0.1) is 4.90 Å². The fourth-order valence-corrected chi connectivity index (χ4v) is 3.63. The Labute approximate surface area is 155 Å². The van der Waals surface area contributed by atoms with E-state index in [1.807, 2.05) is 42.6 Å². The van der Waals surface area contributed by atoms with E-state index in [1.165, 1.54) is 11.3 Å². The first-order valence-corrected chi connectivity index (χ1v) is 9.31. The molecule has 8 heteroatoms. The maximum atomic E-state index is 12.2. The van der Waals surface area contributed by atoms with Crippen LogP contribution in [-0.4, -0.2) is 8.42 Å². The van der Waals surface area contributed by atoms with Crippen molar-refractivity contribution in [2.24, 2.45) is 0 Å². The number of H-pyrrole nitrogens is 1. The molecule has 126 valence electrons. The average molecular weight is 426 g/mol. The van der Waals surface area contributed by atoms with Gasteiger partial charge in [-0.05, 0) is 23.9 Å². The van der Waals surface area contributed by atoms with Gasteiger partial charge in [0.1, 0.15) is 5.69 Å². The van der Waals surface area contributed by atoms with Gasteiger partial charge in [0.2, 0.25) is 0 Å². The highest BCUT2D eigenvalue weighted by molar-refractivity contribution is 7.89. The summed E-state index contributed by atoms with van der Waals surface area (Å²) in [7, 11) is -3.61. The summed E-state index contributed by atoms with van der Waals surface area (Å²) >= 11 is 1.39. The molecule has 0 unspecified atom stereocenters. The molecule has 0 fully saturated rings. The molecule has 0 spiro atoms. The Morgan fingerprint density at radius 3 is 2.33 bits per heavy atom. The summed E-state index contributed by atoms with van der Waals surface area (Å²) in [6.45, 7) is 1.91. The molecule has 2 aromatic carbocycles. The maximum Gasteiger partial charge on any atom is 0.351 e. The second-order valence-corrected chi connectivity index (χ2v) is 7.58. The third-order valence-electron chi connectivity index (χ3n) is 3.26.